The molecule has 0 radical (unpaired) electrons. The zero-order valence-corrected chi connectivity index (χ0v) is 14.9. The fourth-order valence-corrected chi connectivity index (χ4v) is 3.11. The summed E-state index contributed by atoms with van der Waals surface area (Å²) in [5, 5.41) is 14.7. The van der Waals surface area contributed by atoms with E-state index < -0.39 is 0 Å². The number of aryl methyl sites for hydroxylation is 1. The average molecular weight is 345 g/mol. The number of aliphatic hydroxyl groups excluding tert-OH is 1. The second kappa shape index (κ2) is 6.46. The maximum absolute atomic E-state index is 10.2. The summed E-state index contributed by atoms with van der Waals surface area (Å²) in [4.78, 5) is 6.40. The Hall–Kier alpha value is -2.03. The fourth-order valence-electron chi connectivity index (χ4n) is 2.95. The SMILES string of the molecule is Cn1cc(C#Cc2cnc(Cl)cc2N2CCC(O)C(C)(C)C2)cn1. The Morgan fingerprint density at radius 1 is 1.33 bits per heavy atom. The molecule has 0 bridgehead atoms. The van der Waals surface area contributed by atoms with E-state index in [1.807, 2.05) is 19.3 Å². The van der Waals surface area contributed by atoms with E-state index in [1.165, 1.54) is 0 Å². The zero-order valence-electron chi connectivity index (χ0n) is 14.1. The van der Waals surface area contributed by atoms with Gasteiger partial charge in [0.2, 0.25) is 0 Å². The molecule has 126 valence electrons. The van der Waals surface area contributed by atoms with E-state index in [1.54, 1.807) is 17.1 Å². The summed E-state index contributed by atoms with van der Waals surface area (Å²) in [5.74, 6) is 6.30. The number of rotatable bonds is 1. The number of anilines is 1. The summed E-state index contributed by atoms with van der Waals surface area (Å²) in [6, 6.07) is 1.85. The van der Waals surface area contributed by atoms with Gasteiger partial charge in [0.25, 0.3) is 0 Å². The Morgan fingerprint density at radius 3 is 2.79 bits per heavy atom. The van der Waals surface area contributed by atoms with Gasteiger partial charge in [-0.3, -0.25) is 4.68 Å². The van der Waals surface area contributed by atoms with Crippen molar-refractivity contribution in [3.63, 3.8) is 0 Å². The Labute approximate surface area is 147 Å². The highest BCUT2D eigenvalue weighted by atomic mass is 35.5. The zero-order chi connectivity index (χ0) is 17.3. The first-order valence-electron chi connectivity index (χ1n) is 7.94. The van der Waals surface area contributed by atoms with Crippen LogP contribution < -0.4 is 4.90 Å². The van der Waals surface area contributed by atoms with E-state index in [9.17, 15) is 5.11 Å². The van der Waals surface area contributed by atoms with Gasteiger partial charge in [-0.25, -0.2) is 4.98 Å². The molecular weight excluding hydrogens is 324 g/mol. The molecule has 2 aromatic heterocycles. The lowest BCUT2D eigenvalue weighted by molar-refractivity contribution is 0.0336. The van der Waals surface area contributed by atoms with E-state index in [0.29, 0.717) is 5.15 Å². The van der Waals surface area contributed by atoms with Crippen molar-refractivity contribution in [2.75, 3.05) is 18.0 Å². The minimum Gasteiger partial charge on any atom is -0.392 e. The molecule has 6 heteroatoms. The van der Waals surface area contributed by atoms with Gasteiger partial charge in [-0.1, -0.05) is 37.3 Å². The van der Waals surface area contributed by atoms with Gasteiger partial charge in [0, 0.05) is 44.0 Å². The maximum Gasteiger partial charge on any atom is 0.131 e. The van der Waals surface area contributed by atoms with E-state index in [0.717, 1.165) is 36.3 Å². The molecule has 5 nitrogen and oxygen atoms in total. The van der Waals surface area contributed by atoms with Crippen molar-refractivity contribution in [2.24, 2.45) is 12.5 Å². The van der Waals surface area contributed by atoms with Gasteiger partial charge in [-0.2, -0.15) is 5.10 Å². The summed E-state index contributed by atoms with van der Waals surface area (Å²) in [5.41, 5.74) is 2.47. The van der Waals surface area contributed by atoms with Crippen LogP contribution in [0.2, 0.25) is 5.15 Å². The fraction of sp³-hybridized carbons (Fsp3) is 0.444. The normalized spacial score (nSPS) is 19.7. The Bertz CT molecular complexity index is 803. The third-order valence-electron chi connectivity index (χ3n) is 4.41. The van der Waals surface area contributed by atoms with Crippen LogP contribution in [0.3, 0.4) is 0 Å². The van der Waals surface area contributed by atoms with Crippen molar-refractivity contribution in [3.8, 4) is 11.8 Å². The van der Waals surface area contributed by atoms with Crippen molar-refractivity contribution in [1.29, 1.82) is 0 Å². The van der Waals surface area contributed by atoms with Crippen LogP contribution in [0.5, 0.6) is 0 Å². The molecule has 1 atom stereocenters. The van der Waals surface area contributed by atoms with Gasteiger partial charge < -0.3 is 10.0 Å². The number of piperidine rings is 1. The summed E-state index contributed by atoms with van der Waals surface area (Å²) >= 11 is 6.11. The van der Waals surface area contributed by atoms with E-state index in [4.69, 9.17) is 11.6 Å². The topological polar surface area (TPSA) is 54.2 Å². The number of aromatic nitrogens is 3. The van der Waals surface area contributed by atoms with Crippen LogP contribution in [-0.4, -0.2) is 39.1 Å². The lowest BCUT2D eigenvalue weighted by atomic mass is 9.81. The van der Waals surface area contributed by atoms with E-state index in [2.05, 4.69) is 40.7 Å². The predicted molar refractivity (Wildman–Crippen MR) is 95.1 cm³/mol. The number of hydrogen-bond acceptors (Lipinski definition) is 4. The lowest BCUT2D eigenvalue weighted by Gasteiger charge is -2.43. The first kappa shape index (κ1) is 16.8. The molecule has 1 fully saturated rings. The number of aliphatic hydroxyl groups is 1. The Balaban J connectivity index is 1.93. The molecule has 0 aromatic carbocycles. The highest BCUT2D eigenvalue weighted by molar-refractivity contribution is 6.29. The molecule has 3 rings (SSSR count). The molecule has 1 unspecified atom stereocenters. The van der Waals surface area contributed by atoms with E-state index >= 15 is 0 Å². The van der Waals surface area contributed by atoms with Gasteiger partial charge in [-0.15, -0.1) is 0 Å². The van der Waals surface area contributed by atoms with Crippen LogP contribution in [-0.2, 0) is 7.05 Å². The second-order valence-electron chi connectivity index (χ2n) is 6.89. The molecule has 1 aliphatic heterocycles. The van der Waals surface area contributed by atoms with Crippen LogP contribution in [0.15, 0.2) is 24.7 Å². The van der Waals surface area contributed by atoms with Crippen molar-refractivity contribution in [3.05, 3.63) is 40.9 Å². The van der Waals surface area contributed by atoms with Gasteiger partial charge in [0.15, 0.2) is 0 Å². The van der Waals surface area contributed by atoms with E-state index in [-0.39, 0.29) is 11.5 Å². The average Bonchev–Trinajstić information content (AvgIpc) is 2.94. The van der Waals surface area contributed by atoms with Gasteiger partial charge >= 0.3 is 0 Å². The highest BCUT2D eigenvalue weighted by Crippen LogP contribution is 2.34. The van der Waals surface area contributed by atoms with Gasteiger partial charge in [0.1, 0.15) is 5.15 Å². The highest BCUT2D eigenvalue weighted by Gasteiger charge is 2.35. The monoisotopic (exact) mass is 344 g/mol. The largest absolute Gasteiger partial charge is 0.392 e. The molecule has 0 spiro atoms. The minimum atomic E-state index is -0.295. The van der Waals surface area contributed by atoms with Crippen LogP contribution in [0, 0.1) is 17.3 Å². The standard InChI is InChI=1S/C18H21ClN4O/c1-18(2)12-23(7-6-16(18)24)15-8-17(19)20-10-14(15)5-4-13-9-21-22(3)11-13/h8-11,16,24H,6-7,12H2,1-3H3. The van der Waals surface area contributed by atoms with Crippen molar-refractivity contribution in [2.45, 2.75) is 26.4 Å². The van der Waals surface area contributed by atoms with Gasteiger partial charge in [0.05, 0.1) is 29.1 Å². The van der Waals surface area contributed by atoms with Crippen molar-refractivity contribution in [1.82, 2.24) is 14.8 Å². The molecule has 1 N–H and O–H groups in total. The molecule has 1 aliphatic rings. The Morgan fingerprint density at radius 2 is 2.12 bits per heavy atom. The third-order valence-corrected chi connectivity index (χ3v) is 4.62. The smallest absolute Gasteiger partial charge is 0.131 e. The number of hydrogen-bond donors (Lipinski definition) is 1. The molecule has 24 heavy (non-hydrogen) atoms. The number of halogens is 1. The van der Waals surface area contributed by atoms with Crippen LogP contribution in [0.4, 0.5) is 5.69 Å². The Kier molecular flexibility index (Phi) is 4.53. The predicted octanol–water partition coefficient (Wildman–Crippen LogP) is 2.47. The number of nitrogens with zero attached hydrogens (tertiary/aromatic N) is 4. The summed E-state index contributed by atoms with van der Waals surface area (Å²) < 4.78 is 1.72. The molecule has 0 aliphatic carbocycles. The van der Waals surface area contributed by atoms with Crippen LogP contribution in [0.1, 0.15) is 31.4 Å². The lowest BCUT2D eigenvalue weighted by Crippen LogP contribution is -2.48. The third kappa shape index (κ3) is 3.55. The summed E-state index contributed by atoms with van der Waals surface area (Å²) in [6.07, 6.45) is 5.74. The molecule has 0 amide bonds. The first-order chi connectivity index (χ1) is 11.3. The van der Waals surface area contributed by atoms with Crippen LogP contribution >= 0.6 is 11.6 Å². The molecule has 1 saturated heterocycles. The molecule has 3 heterocycles. The molecule has 2 aromatic rings. The number of pyridine rings is 1. The van der Waals surface area contributed by atoms with Crippen molar-refractivity contribution < 1.29 is 5.11 Å². The summed E-state index contributed by atoms with van der Waals surface area (Å²) in [7, 11) is 1.86. The summed E-state index contributed by atoms with van der Waals surface area (Å²) in [6.45, 7) is 5.67. The van der Waals surface area contributed by atoms with Crippen molar-refractivity contribution >= 4 is 17.3 Å². The quantitative estimate of drug-likeness (QED) is 0.638. The first-order valence-corrected chi connectivity index (χ1v) is 8.32. The maximum atomic E-state index is 10.2. The minimum absolute atomic E-state index is 0.179. The second-order valence-corrected chi connectivity index (χ2v) is 7.28. The van der Waals surface area contributed by atoms with Crippen LogP contribution in [0.25, 0.3) is 0 Å². The molecule has 0 saturated carbocycles. The molecular formula is C18H21ClN4O. The van der Waals surface area contributed by atoms with Gasteiger partial charge in [-0.05, 0) is 6.42 Å².